The van der Waals surface area contributed by atoms with Crippen molar-refractivity contribution < 1.29 is 19.8 Å². The molecule has 0 spiro atoms. The Labute approximate surface area is 163 Å². The lowest BCUT2D eigenvalue weighted by molar-refractivity contribution is -0.155. The van der Waals surface area contributed by atoms with E-state index in [1.54, 1.807) is 23.9 Å². The molecule has 0 fully saturated rings. The van der Waals surface area contributed by atoms with Crippen LogP contribution >= 0.6 is 11.8 Å². The standard InChI is InChI=1S/C20H24N2O4S/c1-13(2)14-4-8-16(9-5-14)27-17-10-6-15(7-11-17)22-19(25)21-12-20(3,26)18(23)24/h4-11,13,26H,12H2,1-3H3,(H,23,24)(H2,21,22,25). The minimum atomic E-state index is -2.01. The maximum atomic E-state index is 11.8. The van der Waals surface area contributed by atoms with E-state index in [2.05, 4.69) is 48.7 Å². The summed E-state index contributed by atoms with van der Waals surface area (Å²) in [6.07, 6.45) is 0. The number of amides is 2. The van der Waals surface area contributed by atoms with E-state index in [1.807, 2.05) is 12.1 Å². The van der Waals surface area contributed by atoms with Gasteiger partial charge in [-0.3, -0.25) is 0 Å². The molecule has 6 nitrogen and oxygen atoms in total. The zero-order chi connectivity index (χ0) is 20.0. The predicted molar refractivity (Wildman–Crippen MR) is 106 cm³/mol. The predicted octanol–water partition coefficient (Wildman–Crippen LogP) is 3.92. The summed E-state index contributed by atoms with van der Waals surface area (Å²) < 4.78 is 0. The number of benzene rings is 2. The molecular weight excluding hydrogens is 364 g/mol. The molecular formula is C20H24N2O4S. The lowest BCUT2D eigenvalue weighted by atomic mass is 10.0. The van der Waals surface area contributed by atoms with Crippen molar-refractivity contribution in [3.05, 3.63) is 54.1 Å². The maximum Gasteiger partial charge on any atom is 0.337 e. The fourth-order valence-corrected chi connectivity index (χ4v) is 2.98. The quantitative estimate of drug-likeness (QED) is 0.576. The SMILES string of the molecule is CC(C)c1ccc(Sc2ccc(NC(=O)NCC(C)(O)C(=O)O)cc2)cc1. The normalized spacial score (nSPS) is 13.1. The topological polar surface area (TPSA) is 98.7 Å². The Morgan fingerprint density at radius 2 is 1.56 bits per heavy atom. The summed E-state index contributed by atoms with van der Waals surface area (Å²) in [5.74, 6) is -0.898. The number of aliphatic carboxylic acids is 1. The highest BCUT2D eigenvalue weighted by molar-refractivity contribution is 7.99. The van der Waals surface area contributed by atoms with E-state index in [4.69, 9.17) is 5.11 Å². The maximum absolute atomic E-state index is 11.8. The van der Waals surface area contributed by atoms with Crippen LogP contribution < -0.4 is 10.6 Å². The Kier molecular flexibility index (Phi) is 6.87. The first-order valence-electron chi connectivity index (χ1n) is 8.56. The third-order valence-corrected chi connectivity index (χ3v) is 4.96. The average molecular weight is 388 g/mol. The first kappa shape index (κ1) is 20.8. The van der Waals surface area contributed by atoms with Crippen molar-refractivity contribution in [3.8, 4) is 0 Å². The zero-order valence-corrected chi connectivity index (χ0v) is 16.3. The number of hydrogen-bond donors (Lipinski definition) is 4. The summed E-state index contributed by atoms with van der Waals surface area (Å²) >= 11 is 1.63. The number of nitrogens with one attached hydrogen (secondary N) is 2. The summed E-state index contributed by atoms with van der Waals surface area (Å²) in [5, 5.41) is 23.3. The van der Waals surface area contributed by atoms with Gasteiger partial charge < -0.3 is 20.8 Å². The third kappa shape index (κ3) is 6.30. The van der Waals surface area contributed by atoms with Crippen LogP contribution in [0.25, 0.3) is 0 Å². The number of rotatable bonds is 7. The van der Waals surface area contributed by atoms with Crippen molar-refractivity contribution in [2.45, 2.75) is 42.1 Å². The van der Waals surface area contributed by atoms with Crippen LogP contribution in [0.15, 0.2) is 58.3 Å². The molecule has 0 saturated heterocycles. The molecule has 4 N–H and O–H groups in total. The Morgan fingerprint density at radius 3 is 2.04 bits per heavy atom. The molecule has 2 amide bonds. The summed E-state index contributed by atoms with van der Waals surface area (Å²) in [6, 6.07) is 15.2. The van der Waals surface area contributed by atoms with Gasteiger partial charge in [-0.15, -0.1) is 0 Å². The fraction of sp³-hybridized carbons (Fsp3) is 0.300. The van der Waals surface area contributed by atoms with Gasteiger partial charge in [-0.05, 0) is 54.8 Å². The number of urea groups is 1. The molecule has 27 heavy (non-hydrogen) atoms. The second-order valence-electron chi connectivity index (χ2n) is 6.74. The van der Waals surface area contributed by atoms with E-state index < -0.39 is 24.1 Å². The number of carboxylic acid groups (broad SMARTS) is 1. The van der Waals surface area contributed by atoms with Crippen molar-refractivity contribution in [3.63, 3.8) is 0 Å². The molecule has 0 aliphatic heterocycles. The summed E-state index contributed by atoms with van der Waals surface area (Å²) in [6.45, 7) is 5.04. The van der Waals surface area contributed by atoms with E-state index in [0.29, 0.717) is 11.6 Å². The van der Waals surface area contributed by atoms with Crippen molar-refractivity contribution in [1.82, 2.24) is 5.32 Å². The number of carbonyl (C=O) groups is 2. The molecule has 7 heteroatoms. The molecule has 0 aliphatic rings. The molecule has 0 aromatic heterocycles. The van der Waals surface area contributed by atoms with Gasteiger partial charge in [0.2, 0.25) is 0 Å². The highest BCUT2D eigenvalue weighted by Gasteiger charge is 2.30. The number of carboxylic acids is 1. The molecule has 0 bridgehead atoms. The van der Waals surface area contributed by atoms with Crippen LogP contribution in [0.4, 0.5) is 10.5 Å². The van der Waals surface area contributed by atoms with Gasteiger partial charge in [0, 0.05) is 15.5 Å². The molecule has 0 aliphatic carbocycles. The van der Waals surface area contributed by atoms with Crippen molar-refractivity contribution in [2.75, 3.05) is 11.9 Å². The van der Waals surface area contributed by atoms with Gasteiger partial charge in [-0.2, -0.15) is 0 Å². The summed E-state index contributed by atoms with van der Waals surface area (Å²) in [7, 11) is 0. The average Bonchev–Trinajstić information content (AvgIpc) is 2.62. The van der Waals surface area contributed by atoms with Gasteiger partial charge in [0.05, 0.1) is 6.54 Å². The van der Waals surface area contributed by atoms with Gasteiger partial charge >= 0.3 is 12.0 Å². The minimum Gasteiger partial charge on any atom is -0.479 e. The second kappa shape index (κ2) is 8.92. The summed E-state index contributed by atoms with van der Waals surface area (Å²) in [4.78, 5) is 24.8. The van der Waals surface area contributed by atoms with Gasteiger partial charge in [-0.1, -0.05) is 37.7 Å². The van der Waals surface area contributed by atoms with Gasteiger partial charge in [0.25, 0.3) is 0 Å². The first-order valence-corrected chi connectivity index (χ1v) is 9.37. The minimum absolute atomic E-state index is 0.394. The van der Waals surface area contributed by atoms with Crippen LogP contribution in [0.3, 0.4) is 0 Å². The van der Waals surface area contributed by atoms with Crippen molar-refractivity contribution in [1.29, 1.82) is 0 Å². The fourth-order valence-electron chi connectivity index (χ4n) is 2.17. The Bertz CT molecular complexity index is 787. The highest BCUT2D eigenvalue weighted by atomic mass is 32.2. The highest BCUT2D eigenvalue weighted by Crippen LogP contribution is 2.29. The van der Waals surface area contributed by atoms with E-state index in [0.717, 1.165) is 16.7 Å². The molecule has 2 aromatic rings. The Hall–Kier alpha value is -2.51. The number of hydrogen-bond acceptors (Lipinski definition) is 4. The second-order valence-corrected chi connectivity index (χ2v) is 7.88. The van der Waals surface area contributed by atoms with Crippen molar-refractivity contribution in [2.24, 2.45) is 0 Å². The molecule has 2 rings (SSSR count). The number of carbonyl (C=O) groups excluding carboxylic acids is 1. The van der Waals surface area contributed by atoms with E-state index >= 15 is 0 Å². The van der Waals surface area contributed by atoms with Crippen LogP contribution in [-0.2, 0) is 4.79 Å². The van der Waals surface area contributed by atoms with Crippen LogP contribution in [-0.4, -0.2) is 34.4 Å². The van der Waals surface area contributed by atoms with Gasteiger partial charge in [0.1, 0.15) is 0 Å². The largest absolute Gasteiger partial charge is 0.479 e. The molecule has 0 heterocycles. The van der Waals surface area contributed by atoms with Crippen LogP contribution in [0.1, 0.15) is 32.3 Å². The molecule has 2 aromatic carbocycles. The monoisotopic (exact) mass is 388 g/mol. The lowest BCUT2D eigenvalue weighted by Crippen LogP contribution is -2.47. The molecule has 0 saturated carbocycles. The van der Waals surface area contributed by atoms with Crippen molar-refractivity contribution >= 4 is 29.4 Å². The van der Waals surface area contributed by atoms with Gasteiger partial charge in [-0.25, -0.2) is 9.59 Å². The van der Waals surface area contributed by atoms with E-state index in [1.165, 1.54) is 5.56 Å². The molecule has 0 radical (unpaired) electrons. The summed E-state index contributed by atoms with van der Waals surface area (Å²) in [5.41, 5.74) is -0.142. The zero-order valence-electron chi connectivity index (χ0n) is 15.5. The lowest BCUT2D eigenvalue weighted by Gasteiger charge is -2.18. The molecule has 144 valence electrons. The van der Waals surface area contributed by atoms with E-state index in [9.17, 15) is 14.7 Å². The van der Waals surface area contributed by atoms with Gasteiger partial charge in [0.15, 0.2) is 5.60 Å². The van der Waals surface area contributed by atoms with Crippen LogP contribution in [0.2, 0.25) is 0 Å². The smallest absolute Gasteiger partial charge is 0.337 e. The Balaban J connectivity index is 1.89. The third-order valence-electron chi connectivity index (χ3n) is 3.95. The first-order chi connectivity index (χ1) is 12.7. The molecule has 1 atom stereocenters. The van der Waals surface area contributed by atoms with E-state index in [-0.39, 0.29) is 0 Å². The molecule has 1 unspecified atom stereocenters. The Morgan fingerprint density at radius 1 is 1.04 bits per heavy atom. The van der Waals surface area contributed by atoms with Crippen LogP contribution in [0, 0.1) is 0 Å². The number of aliphatic hydroxyl groups is 1. The van der Waals surface area contributed by atoms with Crippen LogP contribution in [0.5, 0.6) is 0 Å². The number of anilines is 1.